The van der Waals surface area contributed by atoms with Crippen LogP contribution in [0.1, 0.15) is 49.3 Å². The maximum atomic E-state index is 13.9. The molecule has 1 unspecified atom stereocenters. The lowest BCUT2D eigenvalue weighted by molar-refractivity contribution is -0.131. The van der Waals surface area contributed by atoms with Crippen molar-refractivity contribution in [3.05, 3.63) is 80.6 Å². The average molecular weight is 563 g/mol. The number of carbonyl (C=O) groups is 2. The van der Waals surface area contributed by atoms with E-state index in [1.165, 1.54) is 13.9 Å². The van der Waals surface area contributed by atoms with E-state index in [1.54, 1.807) is 18.2 Å². The van der Waals surface area contributed by atoms with Crippen molar-refractivity contribution >= 4 is 11.8 Å². The molecule has 0 saturated carbocycles. The summed E-state index contributed by atoms with van der Waals surface area (Å²) in [7, 11) is 0. The summed E-state index contributed by atoms with van der Waals surface area (Å²) in [6.07, 6.45) is 3.12. The fourth-order valence-electron chi connectivity index (χ4n) is 6.30. The van der Waals surface area contributed by atoms with Crippen molar-refractivity contribution in [2.24, 2.45) is 5.73 Å². The Morgan fingerprint density at radius 3 is 2.51 bits per heavy atom. The molecule has 0 bridgehead atoms. The summed E-state index contributed by atoms with van der Waals surface area (Å²) < 4.78 is 14.8. The zero-order valence-electron chi connectivity index (χ0n) is 22.7. The SMILES string of the molecule is NC(=O)[C@H](CCc1ccccc1)NC(=O)C1CCC2(CCNCC2)n2c(=O)n(Cc3ccc4c(c3)OCO4)c(=O)n21. The van der Waals surface area contributed by atoms with Gasteiger partial charge in [-0.15, -0.1) is 0 Å². The number of nitrogens with zero attached hydrogens (tertiary/aromatic N) is 3. The molecule has 1 fully saturated rings. The Hall–Kier alpha value is -4.32. The highest BCUT2D eigenvalue weighted by Gasteiger charge is 2.46. The first kappa shape index (κ1) is 26.9. The van der Waals surface area contributed by atoms with Gasteiger partial charge in [0.25, 0.3) is 0 Å². The summed E-state index contributed by atoms with van der Waals surface area (Å²) in [6, 6.07) is 13.0. The Bertz CT molecular complexity index is 1570. The minimum absolute atomic E-state index is 0.0188. The lowest BCUT2D eigenvalue weighted by Crippen LogP contribution is -2.57. The van der Waals surface area contributed by atoms with E-state index >= 15 is 0 Å². The molecular weight excluding hydrogens is 528 g/mol. The number of fused-ring (bicyclic) bond motifs is 3. The number of nitrogens with one attached hydrogen (secondary N) is 2. The first-order valence-electron chi connectivity index (χ1n) is 14.0. The number of ether oxygens (including phenoxy) is 2. The van der Waals surface area contributed by atoms with Gasteiger partial charge in [-0.1, -0.05) is 36.4 Å². The molecule has 3 aliphatic rings. The summed E-state index contributed by atoms with van der Waals surface area (Å²) in [5.41, 5.74) is 5.78. The summed E-state index contributed by atoms with van der Waals surface area (Å²) in [5, 5.41) is 6.11. The van der Waals surface area contributed by atoms with Crippen LogP contribution in [0.3, 0.4) is 0 Å². The standard InChI is InChI=1S/C29H34N6O6/c30-25(36)21(8-6-19-4-2-1-3-5-19)32-26(37)22-10-11-29(12-14-31-15-13-29)35-28(39)33(27(38)34(22)35)17-20-7-9-23-24(16-20)41-18-40-23/h1-5,7,9,16,21-22,31H,6,8,10-15,17-18H2,(H2,30,36)(H,32,37)/t21-,22?/m0/s1. The molecule has 1 aromatic heterocycles. The lowest BCUT2D eigenvalue weighted by Gasteiger charge is -2.44. The molecule has 0 radical (unpaired) electrons. The van der Waals surface area contributed by atoms with Crippen LogP contribution in [-0.2, 0) is 28.1 Å². The number of nitrogens with two attached hydrogens (primary N) is 1. The van der Waals surface area contributed by atoms with Gasteiger partial charge in [0.05, 0.1) is 12.1 Å². The molecule has 1 saturated heterocycles. The molecule has 2 aromatic carbocycles. The van der Waals surface area contributed by atoms with E-state index in [1.807, 2.05) is 30.3 Å². The van der Waals surface area contributed by atoms with Gasteiger partial charge in [-0.2, -0.15) is 0 Å². The number of primary amides is 1. The first-order valence-corrected chi connectivity index (χ1v) is 14.0. The second-order valence-corrected chi connectivity index (χ2v) is 11.0. The molecule has 3 aliphatic heterocycles. The largest absolute Gasteiger partial charge is 0.454 e. The van der Waals surface area contributed by atoms with Gasteiger partial charge in [0, 0.05) is 0 Å². The van der Waals surface area contributed by atoms with E-state index < -0.39 is 40.8 Å². The first-order chi connectivity index (χ1) is 19.9. The minimum atomic E-state index is -0.952. The molecule has 1 spiro atoms. The van der Waals surface area contributed by atoms with E-state index in [4.69, 9.17) is 15.2 Å². The highest BCUT2D eigenvalue weighted by molar-refractivity contribution is 5.88. The number of benzene rings is 2. The monoisotopic (exact) mass is 562 g/mol. The van der Waals surface area contributed by atoms with Crippen molar-refractivity contribution < 1.29 is 19.1 Å². The number of aryl methyl sites for hydroxylation is 1. The molecule has 41 heavy (non-hydrogen) atoms. The van der Waals surface area contributed by atoms with Gasteiger partial charge in [-0.3, -0.25) is 9.59 Å². The third-order valence-corrected chi connectivity index (χ3v) is 8.52. The lowest BCUT2D eigenvalue weighted by atomic mass is 9.81. The normalized spacial score (nSPS) is 19.5. The van der Waals surface area contributed by atoms with Crippen LogP contribution >= 0.6 is 0 Å². The Balaban J connectivity index is 1.32. The van der Waals surface area contributed by atoms with Gasteiger partial charge >= 0.3 is 11.4 Å². The molecular formula is C29H34N6O6. The Labute approximate surface area is 236 Å². The molecule has 12 heteroatoms. The van der Waals surface area contributed by atoms with Gasteiger partial charge in [0.15, 0.2) is 11.5 Å². The fraction of sp³-hybridized carbons (Fsp3) is 0.448. The molecule has 12 nitrogen and oxygen atoms in total. The number of carbonyl (C=O) groups excluding carboxylic acids is 2. The maximum Gasteiger partial charge on any atom is 0.348 e. The van der Waals surface area contributed by atoms with Gasteiger partial charge < -0.3 is 25.8 Å². The van der Waals surface area contributed by atoms with Crippen molar-refractivity contribution in [1.29, 1.82) is 0 Å². The molecule has 2 amide bonds. The van der Waals surface area contributed by atoms with Crippen LogP contribution in [0.5, 0.6) is 11.5 Å². The van der Waals surface area contributed by atoms with Crippen LogP contribution in [-0.4, -0.2) is 51.7 Å². The minimum Gasteiger partial charge on any atom is -0.454 e. The highest BCUT2D eigenvalue weighted by Crippen LogP contribution is 2.38. The van der Waals surface area contributed by atoms with Crippen LogP contribution in [0.25, 0.3) is 0 Å². The summed E-state index contributed by atoms with van der Waals surface area (Å²) in [6.45, 7) is 1.54. The zero-order valence-corrected chi connectivity index (χ0v) is 22.7. The van der Waals surface area contributed by atoms with Gasteiger partial charge in [-0.25, -0.2) is 23.5 Å². The second kappa shape index (κ2) is 10.9. The molecule has 216 valence electrons. The Morgan fingerprint density at radius 1 is 1.00 bits per heavy atom. The van der Waals surface area contributed by atoms with Gasteiger partial charge in [-0.05, 0) is 74.9 Å². The van der Waals surface area contributed by atoms with E-state index in [0.717, 1.165) is 5.56 Å². The van der Waals surface area contributed by atoms with Crippen LogP contribution < -0.4 is 37.2 Å². The second-order valence-electron chi connectivity index (χ2n) is 11.0. The number of hydrogen-bond acceptors (Lipinski definition) is 7. The predicted octanol–water partition coefficient (Wildman–Crippen LogP) is 0.605. The average Bonchev–Trinajstić information content (AvgIpc) is 3.55. The topological polar surface area (TPSA) is 152 Å². The third kappa shape index (κ3) is 5.03. The smallest absolute Gasteiger partial charge is 0.348 e. The highest BCUT2D eigenvalue weighted by atomic mass is 16.7. The van der Waals surface area contributed by atoms with Gasteiger partial charge in [0.2, 0.25) is 18.6 Å². The van der Waals surface area contributed by atoms with Crippen LogP contribution in [0.15, 0.2) is 58.1 Å². The summed E-state index contributed by atoms with van der Waals surface area (Å²) in [5.74, 6) is 0.0158. The summed E-state index contributed by atoms with van der Waals surface area (Å²) in [4.78, 5) is 53.8. The fourth-order valence-corrected chi connectivity index (χ4v) is 6.30. The third-order valence-electron chi connectivity index (χ3n) is 8.52. The van der Waals surface area contributed by atoms with E-state index in [-0.39, 0.29) is 13.3 Å². The van der Waals surface area contributed by atoms with Crippen LogP contribution in [0, 0.1) is 0 Å². The molecule has 6 rings (SSSR count). The van der Waals surface area contributed by atoms with Crippen LogP contribution in [0.2, 0.25) is 0 Å². The van der Waals surface area contributed by atoms with Crippen LogP contribution in [0.4, 0.5) is 0 Å². The number of piperidine rings is 1. The Kier molecular flexibility index (Phi) is 7.16. The quantitative estimate of drug-likeness (QED) is 0.364. The van der Waals surface area contributed by atoms with Gasteiger partial charge in [0.1, 0.15) is 12.1 Å². The predicted molar refractivity (Wildman–Crippen MR) is 149 cm³/mol. The molecule has 3 aromatic rings. The maximum absolute atomic E-state index is 13.9. The number of hydrogen-bond donors (Lipinski definition) is 3. The molecule has 2 atom stereocenters. The number of aromatic nitrogens is 3. The molecule has 4 N–H and O–H groups in total. The van der Waals surface area contributed by atoms with Crippen molar-refractivity contribution in [1.82, 2.24) is 24.6 Å². The van der Waals surface area contributed by atoms with E-state index in [2.05, 4.69) is 10.6 Å². The summed E-state index contributed by atoms with van der Waals surface area (Å²) >= 11 is 0. The Morgan fingerprint density at radius 2 is 1.76 bits per heavy atom. The van der Waals surface area contributed by atoms with Crippen molar-refractivity contribution in [2.75, 3.05) is 19.9 Å². The van der Waals surface area contributed by atoms with E-state index in [9.17, 15) is 19.2 Å². The van der Waals surface area contributed by atoms with Crippen molar-refractivity contribution in [2.45, 2.75) is 62.7 Å². The number of rotatable bonds is 8. The van der Waals surface area contributed by atoms with E-state index in [0.29, 0.717) is 68.7 Å². The molecule has 4 heterocycles. The number of amides is 2. The zero-order chi connectivity index (χ0) is 28.6. The molecule has 0 aliphatic carbocycles. The van der Waals surface area contributed by atoms with Crippen molar-refractivity contribution in [3.63, 3.8) is 0 Å². The van der Waals surface area contributed by atoms with Crippen molar-refractivity contribution in [3.8, 4) is 11.5 Å².